The van der Waals surface area contributed by atoms with Crippen molar-refractivity contribution in [3.05, 3.63) is 47.9 Å². The third-order valence-corrected chi connectivity index (χ3v) is 8.26. The number of aromatic nitrogens is 3. The second kappa shape index (κ2) is 13.8. The number of nitriles is 1. The highest BCUT2D eigenvalue weighted by atomic mass is 16.5. The average Bonchev–Trinajstić information content (AvgIpc) is 3.57. The van der Waals surface area contributed by atoms with Gasteiger partial charge in [-0.05, 0) is 50.9 Å². The van der Waals surface area contributed by atoms with Crippen LogP contribution in [0, 0.1) is 17.2 Å². The maximum atomic E-state index is 13.2. The van der Waals surface area contributed by atoms with E-state index in [2.05, 4.69) is 42.3 Å². The number of amides is 2. The molecular weight excluding hydrogens is 560 g/mol. The van der Waals surface area contributed by atoms with Crippen LogP contribution in [0.15, 0.2) is 42.4 Å². The van der Waals surface area contributed by atoms with Crippen molar-refractivity contribution < 1.29 is 19.1 Å². The standard InChI is InChI=1S/C32H36N8O4/c33-15-22-16-35-29-25(28(22)38-23-17-36-32(37-18-23)40-31(42)21-4-2-1-3-5-21)6-7-26(44-24-10-13-43-19-24)30(29)39-27(41)14-20-8-11-34-12-9-20/h6-7,14,16-18,21,24,34H,1-5,8-13,19H2,(H,35,38)(H,39,41)(H,36,37,40,42). The summed E-state index contributed by atoms with van der Waals surface area (Å²) in [5, 5.41) is 22.9. The van der Waals surface area contributed by atoms with E-state index in [0.29, 0.717) is 52.5 Å². The average molecular weight is 597 g/mol. The number of nitrogens with zero attached hydrogens (tertiary/aromatic N) is 4. The Morgan fingerprint density at radius 1 is 1.00 bits per heavy atom. The number of fused-ring (bicyclic) bond motifs is 1. The number of carbonyl (C=O) groups excluding carboxylic acids is 2. The maximum Gasteiger partial charge on any atom is 0.248 e. The van der Waals surface area contributed by atoms with Gasteiger partial charge >= 0.3 is 0 Å². The van der Waals surface area contributed by atoms with Gasteiger partial charge in [-0.15, -0.1) is 0 Å². The molecule has 3 fully saturated rings. The first kappa shape index (κ1) is 29.5. The van der Waals surface area contributed by atoms with Gasteiger partial charge in [0.2, 0.25) is 17.8 Å². The summed E-state index contributed by atoms with van der Waals surface area (Å²) in [6.45, 7) is 2.76. The Morgan fingerprint density at radius 3 is 2.52 bits per heavy atom. The summed E-state index contributed by atoms with van der Waals surface area (Å²) < 4.78 is 11.7. The van der Waals surface area contributed by atoms with Crippen molar-refractivity contribution in [1.82, 2.24) is 20.3 Å². The smallest absolute Gasteiger partial charge is 0.248 e. The van der Waals surface area contributed by atoms with Gasteiger partial charge in [0, 0.05) is 30.0 Å². The molecule has 3 aliphatic rings. The van der Waals surface area contributed by atoms with Gasteiger partial charge in [0.15, 0.2) is 0 Å². The normalized spacial score (nSPS) is 18.8. The lowest BCUT2D eigenvalue weighted by Gasteiger charge is -2.20. The van der Waals surface area contributed by atoms with Gasteiger partial charge in [0.1, 0.15) is 23.6 Å². The number of anilines is 4. The van der Waals surface area contributed by atoms with Crippen LogP contribution in [0.5, 0.6) is 5.75 Å². The van der Waals surface area contributed by atoms with E-state index in [-0.39, 0.29) is 29.8 Å². The van der Waals surface area contributed by atoms with Crippen molar-refractivity contribution in [3.8, 4) is 11.8 Å². The molecule has 0 radical (unpaired) electrons. The van der Waals surface area contributed by atoms with E-state index in [9.17, 15) is 14.9 Å². The first-order valence-electron chi connectivity index (χ1n) is 15.3. The molecule has 2 aliphatic heterocycles. The lowest BCUT2D eigenvalue weighted by Crippen LogP contribution is -2.25. The number of piperidine rings is 1. The van der Waals surface area contributed by atoms with E-state index >= 15 is 0 Å². The highest BCUT2D eigenvalue weighted by Crippen LogP contribution is 2.39. The van der Waals surface area contributed by atoms with Crippen LogP contribution in [0.4, 0.5) is 23.0 Å². The van der Waals surface area contributed by atoms with E-state index in [0.717, 1.165) is 63.6 Å². The van der Waals surface area contributed by atoms with E-state index in [4.69, 9.17) is 9.47 Å². The predicted molar refractivity (Wildman–Crippen MR) is 166 cm³/mol. The van der Waals surface area contributed by atoms with Gasteiger partial charge < -0.3 is 25.4 Å². The van der Waals surface area contributed by atoms with Crippen LogP contribution in [0.2, 0.25) is 0 Å². The lowest BCUT2D eigenvalue weighted by atomic mass is 9.89. The Labute approximate surface area is 255 Å². The molecule has 44 heavy (non-hydrogen) atoms. The SMILES string of the molecule is N#Cc1cnc2c(NC(=O)C=C3CCNCC3)c(OC3CCOC3)ccc2c1Nc1cnc(NC(=O)C2CCCCC2)nc1. The van der Waals surface area contributed by atoms with Crippen LogP contribution < -0.4 is 26.0 Å². The Morgan fingerprint density at radius 2 is 1.80 bits per heavy atom. The molecule has 1 aromatic carbocycles. The third-order valence-electron chi connectivity index (χ3n) is 8.26. The zero-order valence-corrected chi connectivity index (χ0v) is 24.5. The van der Waals surface area contributed by atoms with Gasteiger partial charge in [-0.3, -0.25) is 19.9 Å². The van der Waals surface area contributed by atoms with Crippen molar-refractivity contribution in [2.24, 2.45) is 5.92 Å². The molecule has 4 N–H and O–H groups in total. The van der Waals surface area contributed by atoms with Gasteiger partial charge in [0.05, 0.1) is 48.1 Å². The summed E-state index contributed by atoms with van der Waals surface area (Å²) in [5.41, 5.74) is 3.29. The minimum atomic E-state index is -0.262. The molecule has 1 aliphatic carbocycles. The second-order valence-electron chi connectivity index (χ2n) is 11.4. The molecule has 4 heterocycles. The molecule has 228 valence electrons. The Bertz CT molecular complexity index is 1580. The van der Waals surface area contributed by atoms with E-state index < -0.39 is 0 Å². The van der Waals surface area contributed by atoms with Gasteiger partial charge in [0.25, 0.3) is 0 Å². The van der Waals surface area contributed by atoms with Crippen molar-refractivity contribution >= 4 is 45.7 Å². The van der Waals surface area contributed by atoms with Crippen LogP contribution in [0.25, 0.3) is 10.9 Å². The first-order chi connectivity index (χ1) is 21.6. The number of carbonyl (C=O) groups is 2. The topological polar surface area (TPSA) is 163 Å². The fraction of sp³-hybridized carbons (Fsp3) is 0.438. The number of nitrogens with one attached hydrogen (secondary N) is 4. The van der Waals surface area contributed by atoms with Crippen molar-refractivity contribution in [1.29, 1.82) is 5.26 Å². The molecule has 1 atom stereocenters. The third kappa shape index (κ3) is 6.96. The summed E-state index contributed by atoms with van der Waals surface area (Å²) in [7, 11) is 0. The molecule has 1 unspecified atom stereocenters. The maximum absolute atomic E-state index is 13.2. The molecule has 1 saturated carbocycles. The van der Waals surface area contributed by atoms with Gasteiger partial charge in [-0.25, -0.2) is 9.97 Å². The van der Waals surface area contributed by atoms with Gasteiger partial charge in [-0.1, -0.05) is 24.8 Å². The Kier molecular flexibility index (Phi) is 9.24. The zero-order chi connectivity index (χ0) is 30.3. The van der Waals surface area contributed by atoms with Crippen LogP contribution in [0.3, 0.4) is 0 Å². The number of benzene rings is 1. The van der Waals surface area contributed by atoms with Crippen molar-refractivity contribution in [2.75, 3.05) is 42.3 Å². The fourth-order valence-electron chi connectivity index (χ4n) is 5.89. The van der Waals surface area contributed by atoms with Crippen LogP contribution >= 0.6 is 0 Å². The quantitative estimate of drug-likeness (QED) is 0.271. The number of rotatable bonds is 8. The van der Waals surface area contributed by atoms with Crippen molar-refractivity contribution in [3.63, 3.8) is 0 Å². The van der Waals surface area contributed by atoms with Crippen LogP contribution in [-0.4, -0.2) is 59.2 Å². The molecule has 6 rings (SSSR count). The lowest BCUT2D eigenvalue weighted by molar-refractivity contribution is -0.120. The number of hydrogen-bond donors (Lipinski definition) is 4. The highest BCUT2D eigenvalue weighted by Gasteiger charge is 2.24. The second-order valence-corrected chi connectivity index (χ2v) is 11.4. The van der Waals surface area contributed by atoms with Crippen molar-refractivity contribution in [2.45, 2.75) is 57.5 Å². The summed E-state index contributed by atoms with van der Waals surface area (Å²) in [6, 6.07) is 5.79. The van der Waals surface area contributed by atoms with E-state index in [1.165, 1.54) is 12.6 Å². The zero-order valence-electron chi connectivity index (χ0n) is 24.5. The number of hydrogen-bond acceptors (Lipinski definition) is 10. The number of pyridine rings is 1. The molecule has 2 saturated heterocycles. The van der Waals surface area contributed by atoms with Crippen LogP contribution in [0.1, 0.15) is 56.9 Å². The molecule has 3 aromatic rings. The largest absolute Gasteiger partial charge is 0.486 e. The minimum absolute atomic E-state index is 0.00728. The van der Waals surface area contributed by atoms with Crippen LogP contribution in [-0.2, 0) is 14.3 Å². The Hall–Kier alpha value is -4.60. The van der Waals surface area contributed by atoms with E-state index in [1.54, 1.807) is 24.5 Å². The van der Waals surface area contributed by atoms with E-state index in [1.807, 2.05) is 6.07 Å². The monoisotopic (exact) mass is 596 g/mol. The predicted octanol–water partition coefficient (Wildman–Crippen LogP) is 4.57. The van der Waals surface area contributed by atoms with Gasteiger partial charge in [-0.2, -0.15) is 5.26 Å². The molecular formula is C32H36N8O4. The first-order valence-corrected chi connectivity index (χ1v) is 15.3. The molecule has 2 amide bonds. The molecule has 12 heteroatoms. The molecule has 0 bridgehead atoms. The summed E-state index contributed by atoms with van der Waals surface area (Å²) in [5.74, 6) is 0.394. The number of ether oxygens (including phenoxy) is 2. The minimum Gasteiger partial charge on any atom is -0.486 e. The molecule has 2 aromatic heterocycles. The summed E-state index contributed by atoms with van der Waals surface area (Å²) in [4.78, 5) is 39.1. The molecule has 0 spiro atoms. The summed E-state index contributed by atoms with van der Waals surface area (Å²) >= 11 is 0. The fourth-order valence-corrected chi connectivity index (χ4v) is 5.89. The molecule has 12 nitrogen and oxygen atoms in total. The summed E-state index contributed by atoms with van der Waals surface area (Å²) in [6.07, 6.45) is 13.5. The highest BCUT2D eigenvalue weighted by molar-refractivity contribution is 6.10. The Balaban J connectivity index is 1.28.